The summed E-state index contributed by atoms with van der Waals surface area (Å²) in [6.07, 6.45) is 2.16. The van der Waals surface area contributed by atoms with E-state index in [4.69, 9.17) is 0 Å². The first-order valence-electron chi connectivity index (χ1n) is 10.1. The first kappa shape index (κ1) is 20.3. The number of amides is 1. The molecular formula is C21H25N5O3S. The molecule has 158 valence electrons. The second-order valence-electron chi connectivity index (χ2n) is 7.90. The number of anilines is 2. The van der Waals surface area contributed by atoms with Crippen molar-refractivity contribution >= 4 is 38.4 Å². The van der Waals surface area contributed by atoms with E-state index in [0.29, 0.717) is 16.3 Å². The van der Waals surface area contributed by atoms with Gasteiger partial charge in [0, 0.05) is 25.8 Å². The van der Waals surface area contributed by atoms with Gasteiger partial charge < -0.3 is 10.2 Å². The molecule has 8 nitrogen and oxygen atoms in total. The molecule has 4 rings (SSSR count). The van der Waals surface area contributed by atoms with E-state index in [0.717, 1.165) is 35.6 Å². The van der Waals surface area contributed by atoms with Gasteiger partial charge in [0.1, 0.15) is 11.2 Å². The molecule has 1 aliphatic rings. The fourth-order valence-electron chi connectivity index (χ4n) is 3.62. The van der Waals surface area contributed by atoms with E-state index >= 15 is 0 Å². The van der Waals surface area contributed by atoms with Crippen LogP contribution in [0, 0.1) is 0 Å². The highest BCUT2D eigenvalue weighted by Gasteiger charge is 2.22. The summed E-state index contributed by atoms with van der Waals surface area (Å²) in [5.41, 5.74) is 1.20. The van der Waals surface area contributed by atoms with E-state index in [-0.39, 0.29) is 23.7 Å². The van der Waals surface area contributed by atoms with E-state index in [1.54, 1.807) is 0 Å². The number of fused-ring (bicyclic) bond motifs is 1. The summed E-state index contributed by atoms with van der Waals surface area (Å²) in [5, 5.41) is 3.55. The zero-order valence-electron chi connectivity index (χ0n) is 17.3. The van der Waals surface area contributed by atoms with Gasteiger partial charge in [-0.25, -0.2) is 9.78 Å². The van der Waals surface area contributed by atoms with Crippen LogP contribution in [0.5, 0.6) is 0 Å². The van der Waals surface area contributed by atoms with Crippen molar-refractivity contribution in [1.29, 1.82) is 0 Å². The standard InChI is InChI=1S/C21H25N5O3S/c1-13(2)14-6-8-15(9-7-14)22-16(27)12-26-18-17(19(28)24(3)21(26)29)30-20(23-18)25-10-4-5-11-25/h6-9,13H,4-5,10-12H2,1-3H3,(H,22,27). The van der Waals surface area contributed by atoms with Crippen LogP contribution in [0.25, 0.3) is 10.3 Å². The summed E-state index contributed by atoms with van der Waals surface area (Å²) < 4.78 is 2.72. The van der Waals surface area contributed by atoms with Gasteiger partial charge in [0.15, 0.2) is 10.8 Å². The maximum atomic E-state index is 12.7. The molecule has 0 atom stereocenters. The first-order valence-corrected chi connectivity index (χ1v) is 10.9. The highest BCUT2D eigenvalue weighted by Crippen LogP contribution is 2.28. The van der Waals surface area contributed by atoms with Gasteiger partial charge in [-0.1, -0.05) is 37.3 Å². The molecule has 0 saturated carbocycles. The Balaban J connectivity index is 1.64. The Hall–Kier alpha value is -2.94. The molecule has 0 bridgehead atoms. The molecule has 2 aromatic heterocycles. The number of hydrogen-bond donors (Lipinski definition) is 1. The summed E-state index contributed by atoms with van der Waals surface area (Å²) in [6.45, 7) is 5.78. The average Bonchev–Trinajstić information content (AvgIpc) is 3.40. The molecule has 30 heavy (non-hydrogen) atoms. The van der Waals surface area contributed by atoms with Crippen molar-refractivity contribution in [3.05, 3.63) is 50.7 Å². The molecule has 0 unspecified atom stereocenters. The van der Waals surface area contributed by atoms with Crippen LogP contribution < -0.4 is 21.5 Å². The number of hydrogen-bond acceptors (Lipinski definition) is 6. The number of nitrogens with zero attached hydrogens (tertiary/aromatic N) is 4. The quantitative estimate of drug-likeness (QED) is 0.676. The van der Waals surface area contributed by atoms with E-state index in [1.165, 1.54) is 28.5 Å². The third kappa shape index (κ3) is 3.77. The number of nitrogens with one attached hydrogen (secondary N) is 1. The lowest BCUT2D eigenvalue weighted by molar-refractivity contribution is -0.116. The number of thiazole rings is 1. The predicted molar refractivity (Wildman–Crippen MR) is 120 cm³/mol. The molecule has 0 spiro atoms. The van der Waals surface area contributed by atoms with Crippen LogP contribution in [-0.2, 0) is 18.4 Å². The fourth-order valence-corrected chi connectivity index (χ4v) is 4.71. The van der Waals surface area contributed by atoms with Crippen molar-refractivity contribution in [1.82, 2.24) is 14.1 Å². The lowest BCUT2D eigenvalue weighted by Crippen LogP contribution is -2.39. The van der Waals surface area contributed by atoms with Gasteiger partial charge in [-0.05, 0) is 36.5 Å². The average molecular weight is 428 g/mol. The molecular weight excluding hydrogens is 402 g/mol. The SMILES string of the molecule is CC(C)c1ccc(NC(=O)Cn2c(=O)n(C)c(=O)c3sc(N4CCCC4)nc32)cc1. The smallest absolute Gasteiger partial charge is 0.332 e. The number of aromatic nitrogens is 3. The number of carbonyl (C=O) groups is 1. The van der Waals surface area contributed by atoms with E-state index < -0.39 is 5.69 Å². The molecule has 9 heteroatoms. The van der Waals surface area contributed by atoms with Crippen LogP contribution in [0.15, 0.2) is 33.9 Å². The lowest BCUT2D eigenvalue weighted by atomic mass is 10.0. The number of rotatable bonds is 5. The monoisotopic (exact) mass is 427 g/mol. The maximum Gasteiger partial charge on any atom is 0.332 e. The summed E-state index contributed by atoms with van der Waals surface area (Å²) >= 11 is 1.28. The van der Waals surface area contributed by atoms with Crippen LogP contribution in [-0.4, -0.2) is 33.1 Å². The second kappa shape index (κ2) is 8.06. The molecule has 1 saturated heterocycles. The third-order valence-electron chi connectivity index (χ3n) is 5.41. The van der Waals surface area contributed by atoms with Crippen LogP contribution in [0.1, 0.15) is 38.2 Å². The van der Waals surface area contributed by atoms with Gasteiger partial charge in [-0.3, -0.25) is 18.7 Å². The summed E-state index contributed by atoms with van der Waals surface area (Å²) in [5.74, 6) is 0.0618. The molecule has 0 aliphatic carbocycles. The minimum atomic E-state index is -0.545. The van der Waals surface area contributed by atoms with Gasteiger partial charge in [-0.2, -0.15) is 0 Å². The Bertz CT molecular complexity index is 1200. The Kier molecular flexibility index (Phi) is 5.46. The van der Waals surface area contributed by atoms with Crippen molar-refractivity contribution in [2.24, 2.45) is 7.05 Å². The molecule has 1 aliphatic heterocycles. The zero-order chi connectivity index (χ0) is 21.4. The van der Waals surface area contributed by atoms with Gasteiger partial charge in [0.05, 0.1) is 0 Å². The van der Waals surface area contributed by atoms with Gasteiger partial charge >= 0.3 is 5.69 Å². The Morgan fingerprint density at radius 3 is 2.47 bits per heavy atom. The number of benzene rings is 1. The van der Waals surface area contributed by atoms with E-state index in [9.17, 15) is 14.4 Å². The van der Waals surface area contributed by atoms with Crippen molar-refractivity contribution in [3.8, 4) is 0 Å². The molecule has 3 heterocycles. The topological polar surface area (TPSA) is 89.2 Å². The van der Waals surface area contributed by atoms with Crippen LogP contribution in [0.4, 0.5) is 10.8 Å². The van der Waals surface area contributed by atoms with Gasteiger partial charge in [-0.15, -0.1) is 0 Å². The molecule has 1 amide bonds. The minimum absolute atomic E-state index is 0.210. The fraction of sp³-hybridized carbons (Fsp3) is 0.429. The third-order valence-corrected chi connectivity index (χ3v) is 6.50. The Labute approximate surface area is 177 Å². The van der Waals surface area contributed by atoms with Crippen molar-refractivity contribution in [2.75, 3.05) is 23.3 Å². The Morgan fingerprint density at radius 1 is 1.17 bits per heavy atom. The maximum absolute atomic E-state index is 12.7. The summed E-state index contributed by atoms with van der Waals surface area (Å²) in [6, 6.07) is 7.64. The van der Waals surface area contributed by atoms with Gasteiger partial charge in [0.2, 0.25) is 5.91 Å². The van der Waals surface area contributed by atoms with Crippen molar-refractivity contribution < 1.29 is 4.79 Å². The van der Waals surface area contributed by atoms with Crippen LogP contribution >= 0.6 is 11.3 Å². The lowest BCUT2D eigenvalue weighted by Gasteiger charge is -2.12. The van der Waals surface area contributed by atoms with Gasteiger partial charge in [0.25, 0.3) is 5.56 Å². The Morgan fingerprint density at radius 2 is 1.83 bits per heavy atom. The predicted octanol–water partition coefficient (Wildman–Crippen LogP) is 2.52. The second-order valence-corrected chi connectivity index (χ2v) is 8.88. The molecule has 1 N–H and O–H groups in total. The van der Waals surface area contributed by atoms with Crippen molar-refractivity contribution in [3.63, 3.8) is 0 Å². The molecule has 1 fully saturated rings. The number of carbonyl (C=O) groups excluding carboxylic acids is 1. The summed E-state index contributed by atoms with van der Waals surface area (Å²) in [7, 11) is 1.43. The van der Waals surface area contributed by atoms with E-state index in [2.05, 4.69) is 29.0 Å². The first-order chi connectivity index (χ1) is 14.3. The van der Waals surface area contributed by atoms with Crippen molar-refractivity contribution in [2.45, 2.75) is 39.2 Å². The highest BCUT2D eigenvalue weighted by atomic mass is 32.1. The van der Waals surface area contributed by atoms with E-state index in [1.807, 2.05) is 24.3 Å². The molecule has 1 aromatic carbocycles. The summed E-state index contributed by atoms with van der Waals surface area (Å²) in [4.78, 5) is 44.7. The molecule has 3 aromatic rings. The van der Waals surface area contributed by atoms with Crippen LogP contribution in [0.3, 0.4) is 0 Å². The largest absolute Gasteiger partial charge is 0.348 e. The van der Waals surface area contributed by atoms with Crippen LogP contribution in [0.2, 0.25) is 0 Å². The minimum Gasteiger partial charge on any atom is -0.348 e. The zero-order valence-corrected chi connectivity index (χ0v) is 18.2. The normalized spacial score (nSPS) is 14.1. The molecule has 0 radical (unpaired) electrons. The highest BCUT2D eigenvalue weighted by molar-refractivity contribution is 7.22.